The highest BCUT2D eigenvalue weighted by atomic mass is 16.5. The van der Waals surface area contributed by atoms with E-state index in [1.807, 2.05) is 28.8 Å². The SMILES string of the molecule is COc1cccc(CN2C[C@H]3C[C@@H](C2)[C@H](CNC(C)=O)n2c3cccc2=O)n1. The van der Waals surface area contributed by atoms with Gasteiger partial charge in [0.1, 0.15) is 0 Å². The van der Waals surface area contributed by atoms with E-state index >= 15 is 0 Å². The number of carbonyl (C=O) groups is 1. The summed E-state index contributed by atoms with van der Waals surface area (Å²) in [5.74, 6) is 1.17. The van der Waals surface area contributed by atoms with Crippen LogP contribution in [0.3, 0.4) is 0 Å². The Hall–Kier alpha value is -2.67. The number of rotatable bonds is 5. The summed E-state index contributed by atoms with van der Waals surface area (Å²) in [7, 11) is 1.62. The third-order valence-electron chi connectivity index (χ3n) is 5.81. The minimum absolute atomic E-state index is 0.0189. The summed E-state index contributed by atoms with van der Waals surface area (Å²) in [5, 5.41) is 2.92. The number of pyridine rings is 2. The fraction of sp³-hybridized carbons (Fsp3) is 0.476. The third-order valence-corrected chi connectivity index (χ3v) is 5.81. The Bertz CT molecular complexity index is 926. The summed E-state index contributed by atoms with van der Waals surface area (Å²) in [6, 6.07) is 11.3. The van der Waals surface area contributed by atoms with Crippen LogP contribution in [0.5, 0.6) is 5.88 Å². The molecule has 2 bridgehead atoms. The van der Waals surface area contributed by atoms with Crippen molar-refractivity contribution in [2.24, 2.45) is 5.92 Å². The molecule has 1 N–H and O–H groups in total. The second-order valence-corrected chi connectivity index (χ2v) is 7.72. The number of piperidine rings is 1. The monoisotopic (exact) mass is 382 g/mol. The number of nitrogens with one attached hydrogen (secondary N) is 1. The van der Waals surface area contributed by atoms with Gasteiger partial charge in [0.05, 0.1) is 18.8 Å². The van der Waals surface area contributed by atoms with Crippen LogP contribution in [0.1, 0.15) is 36.7 Å². The van der Waals surface area contributed by atoms with E-state index in [-0.39, 0.29) is 17.5 Å². The Labute approximate surface area is 164 Å². The van der Waals surface area contributed by atoms with Crippen molar-refractivity contribution in [2.75, 3.05) is 26.7 Å². The molecule has 0 aliphatic carbocycles. The van der Waals surface area contributed by atoms with E-state index in [9.17, 15) is 9.59 Å². The summed E-state index contributed by atoms with van der Waals surface area (Å²) in [6.45, 7) is 4.51. The number of carbonyl (C=O) groups excluding carboxylic acids is 1. The second kappa shape index (κ2) is 7.75. The predicted octanol–water partition coefficient (Wildman–Crippen LogP) is 1.55. The fourth-order valence-electron chi connectivity index (χ4n) is 4.66. The van der Waals surface area contributed by atoms with Crippen LogP contribution in [-0.4, -0.2) is 47.1 Å². The van der Waals surface area contributed by atoms with E-state index in [1.165, 1.54) is 6.92 Å². The van der Waals surface area contributed by atoms with E-state index in [4.69, 9.17) is 4.74 Å². The molecule has 0 radical (unpaired) electrons. The van der Waals surface area contributed by atoms with E-state index in [0.29, 0.717) is 24.3 Å². The number of aromatic nitrogens is 2. The van der Waals surface area contributed by atoms with Crippen molar-refractivity contribution in [3.63, 3.8) is 0 Å². The molecule has 0 unspecified atom stereocenters. The fourth-order valence-corrected chi connectivity index (χ4v) is 4.66. The Morgan fingerprint density at radius 3 is 2.86 bits per heavy atom. The van der Waals surface area contributed by atoms with E-state index < -0.39 is 0 Å². The van der Waals surface area contributed by atoms with Gasteiger partial charge in [-0.2, -0.15) is 0 Å². The van der Waals surface area contributed by atoms with Crippen LogP contribution in [-0.2, 0) is 11.3 Å². The summed E-state index contributed by atoms with van der Waals surface area (Å²) in [4.78, 5) is 31.0. The van der Waals surface area contributed by atoms with Gasteiger partial charge in [0, 0.05) is 56.8 Å². The van der Waals surface area contributed by atoms with Crippen molar-refractivity contribution in [3.8, 4) is 5.88 Å². The lowest BCUT2D eigenvalue weighted by molar-refractivity contribution is -0.119. The molecule has 7 nitrogen and oxygen atoms in total. The largest absolute Gasteiger partial charge is 0.481 e. The maximum Gasteiger partial charge on any atom is 0.251 e. The quantitative estimate of drug-likeness (QED) is 0.849. The van der Waals surface area contributed by atoms with Gasteiger partial charge in [0.25, 0.3) is 5.56 Å². The normalized spacial score (nSPS) is 23.7. The Balaban J connectivity index is 1.61. The Morgan fingerprint density at radius 1 is 1.25 bits per heavy atom. The van der Waals surface area contributed by atoms with Crippen LogP contribution in [0, 0.1) is 5.92 Å². The number of nitrogens with zero attached hydrogens (tertiary/aromatic N) is 3. The van der Waals surface area contributed by atoms with E-state index in [0.717, 1.165) is 37.4 Å². The molecule has 2 aliphatic rings. The van der Waals surface area contributed by atoms with Crippen molar-refractivity contribution >= 4 is 5.91 Å². The molecule has 1 fully saturated rings. The maximum absolute atomic E-state index is 12.6. The zero-order valence-corrected chi connectivity index (χ0v) is 16.3. The summed E-state index contributed by atoms with van der Waals surface area (Å²) >= 11 is 0. The molecule has 7 heteroatoms. The number of amides is 1. The molecule has 2 aromatic rings. The third kappa shape index (κ3) is 3.67. The van der Waals surface area contributed by atoms with Crippen LogP contribution in [0.25, 0.3) is 0 Å². The van der Waals surface area contributed by atoms with Crippen molar-refractivity contribution in [1.29, 1.82) is 0 Å². The lowest BCUT2D eigenvalue weighted by atomic mass is 9.78. The first-order valence-electron chi connectivity index (χ1n) is 9.73. The molecule has 1 amide bonds. The van der Waals surface area contributed by atoms with Crippen LogP contribution >= 0.6 is 0 Å². The summed E-state index contributed by atoms with van der Waals surface area (Å²) in [5.41, 5.74) is 2.07. The molecular weight excluding hydrogens is 356 g/mol. The van der Waals surface area contributed by atoms with Gasteiger partial charge < -0.3 is 14.6 Å². The molecule has 148 valence electrons. The Kier molecular flexibility index (Phi) is 5.17. The number of fused-ring (bicyclic) bond motifs is 4. The number of likely N-dealkylation sites (tertiary alicyclic amines) is 1. The van der Waals surface area contributed by atoms with Gasteiger partial charge in [-0.1, -0.05) is 12.1 Å². The number of hydrogen-bond donors (Lipinski definition) is 1. The van der Waals surface area contributed by atoms with Crippen molar-refractivity contribution in [2.45, 2.75) is 31.8 Å². The molecule has 1 saturated heterocycles. The highest BCUT2D eigenvalue weighted by Crippen LogP contribution is 2.41. The van der Waals surface area contributed by atoms with Gasteiger partial charge in [-0.25, -0.2) is 4.98 Å². The molecule has 2 aromatic heterocycles. The number of ether oxygens (including phenoxy) is 1. The second-order valence-electron chi connectivity index (χ2n) is 7.72. The van der Waals surface area contributed by atoms with E-state index in [1.54, 1.807) is 13.2 Å². The highest BCUT2D eigenvalue weighted by molar-refractivity contribution is 5.72. The van der Waals surface area contributed by atoms with Crippen LogP contribution in [0.15, 0.2) is 41.2 Å². The van der Waals surface area contributed by atoms with Gasteiger partial charge in [-0.3, -0.25) is 14.5 Å². The number of hydrogen-bond acceptors (Lipinski definition) is 5. The van der Waals surface area contributed by atoms with Crippen molar-refractivity contribution in [1.82, 2.24) is 19.8 Å². The lowest BCUT2D eigenvalue weighted by Crippen LogP contribution is -2.51. The molecule has 2 aliphatic heterocycles. The molecule has 0 saturated carbocycles. The van der Waals surface area contributed by atoms with Gasteiger partial charge in [-0.05, 0) is 24.5 Å². The molecular formula is C21H26N4O3. The van der Waals surface area contributed by atoms with Crippen molar-refractivity contribution in [3.05, 3.63) is 58.1 Å². The molecule has 4 rings (SSSR count). The van der Waals surface area contributed by atoms with E-state index in [2.05, 4.69) is 21.3 Å². The van der Waals surface area contributed by atoms with Gasteiger partial charge >= 0.3 is 0 Å². The maximum atomic E-state index is 12.6. The first-order chi connectivity index (χ1) is 13.5. The topological polar surface area (TPSA) is 76.5 Å². The number of methoxy groups -OCH3 is 1. The molecule has 0 aromatic carbocycles. The summed E-state index contributed by atoms with van der Waals surface area (Å²) in [6.07, 6.45) is 1.04. The molecule has 3 atom stereocenters. The van der Waals surface area contributed by atoms with Crippen LogP contribution < -0.4 is 15.6 Å². The zero-order chi connectivity index (χ0) is 19.7. The standard InChI is InChI=1S/C21H26N4O3/c1-14(26)22-10-19-16-9-15(18-6-4-8-21(27)25(18)19)11-24(12-16)13-17-5-3-7-20(23-17)28-2/h3-8,15-16,19H,9-13H2,1-2H3,(H,22,26)/t15-,16+,19+/m1/s1. The molecule has 4 heterocycles. The van der Waals surface area contributed by atoms with Gasteiger partial charge in [0.2, 0.25) is 11.8 Å². The zero-order valence-electron chi connectivity index (χ0n) is 16.3. The first-order valence-corrected chi connectivity index (χ1v) is 9.73. The predicted molar refractivity (Wildman–Crippen MR) is 105 cm³/mol. The average Bonchev–Trinajstić information content (AvgIpc) is 2.68. The Morgan fingerprint density at radius 2 is 2.07 bits per heavy atom. The van der Waals surface area contributed by atoms with Crippen LogP contribution in [0.4, 0.5) is 0 Å². The van der Waals surface area contributed by atoms with Gasteiger partial charge in [0.15, 0.2) is 0 Å². The molecule has 0 spiro atoms. The van der Waals surface area contributed by atoms with Crippen molar-refractivity contribution < 1.29 is 9.53 Å². The minimum atomic E-state index is -0.0686. The first kappa shape index (κ1) is 18.7. The minimum Gasteiger partial charge on any atom is -0.481 e. The van der Waals surface area contributed by atoms with Gasteiger partial charge in [-0.15, -0.1) is 0 Å². The highest BCUT2D eigenvalue weighted by Gasteiger charge is 2.40. The lowest BCUT2D eigenvalue weighted by Gasteiger charge is -2.47. The smallest absolute Gasteiger partial charge is 0.251 e. The summed E-state index contributed by atoms with van der Waals surface area (Å²) < 4.78 is 7.15. The van der Waals surface area contributed by atoms with Crippen LogP contribution in [0.2, 0.25) is 0 Å². The average molecular weight is 382 g/mol. The molecule has 28 heavy (non-hydrogen) atoms.